The number of hydrogen-bond donors (Lipinski definition) is 3. The quantitative estimate of drug-likeness (QED) is 0.138. The first-order valence-corrected chi connectivity index (χ1v) is 21.9. The summed E-state index contributed by atoms with van der Waals surface area (Å²) in [6.07, 6.45) is -5.15. The van der Waals surface area contributed by atoms with Gasteiger partial charge in [-0.25, -0.2) is 0 Å². The van der Waals surface area contributed by atoms with E-state index in [1.807, 2.05) is 56.3 Å². The number of aliphatic hydroxyl groups is 3. The van der Waals surface area contributed by atoms with E-state index in [0.29, 0.717) is 32.8 Å². The minimum atomic E-state index is -1.04. The highest BCUT2D eigenvalue weighted by Crippen LogP contribution is 2.42. The molecule has 330 valence electrons. The van der Waals surface area contributed by atoms with Crippen LogP contribution in [0, 0.1) is 5.92 Å². The Morgan fingerprint density at radius 2 is 1.32 bits per heavy atom. The lowest BCUT2D eigenvalue weighted by Gasteiger charge is -2.43. The molecule has 3 aliphatic rings. The van der Waals surface area contributed by atoms with E-state index in [-0.39, 0.29) is 19.4 Å². The second kappa shape index (κ2) is 21.8. The monoisotopic (exact) mass is 948 g/mol. The maximum Gasteiger partial charge on any atom is 0.303 e. The van der Waals surface area contributed by atoms with Crippen LogP contribution in [0.5, 0.6) is 0 Å². The molecule has 0 spiro atoms. The van der Waals surface area contributed by atoms with E-state index >= 15 is 0 Å². The van der Waals surface area contributed by atoms with Gasteiger partial charge in [-0.1, -0.05) is 85.0 Å². The van der Waals surface area contributed by atoms with E-state index in [2.05, 4.69) is 0 Å². The summed E-state index contributed by atoms with van der Waals surface area (Å²) in [4.78, 5) is 25.7. The second-order valence-corrected chi connectivity index (χ2v) is 19.2. The minimum Gasteiger partial charge on any atom is -0.458 e. The molecule has 11 nitrogen and oxygen atoms in total. The lowest BCUT2D eigenvalue weighted by molar-refractivity contribution is -0.226. The molecule has 3 fully saturated rings. The number of ether oxygens (including phenoxy) is 6. The average Bonchev–Trinajstić information content (AvgIpc) is 3.94. The molecule has 3 aliphatic heterocycles. The van der Waals surface area contributed by atoms with Crippen molar-refractivity contribution in [3.8, 4) is 0 Å². The van der Waals surface area contributed by atoms with Crippen molar-refractivity contribution in [3.05, 3.63) is 111 Å². The largest absolute Gasteiger partial charge is 0.458 e. The van der Waals surface area contributed by atoms with Gasteiger partial charge in [-0.2, -0.15) is 0 Å². The van der Waals surface area contributed by atoms with Crippen LogP contribution in [0.15, 0.2) is 60.7 Å². The fraction of sp³-hybridized carbons (Fsp3) is 0.488. The number of esters is 2. The molecule has 3 N–H and O–H groups in total. The Balaban J connectivity index is 0.000000251. The van der Waals surface area contributed by atoms with Crippen LogP contribution >= 0.6 is 69.1 Å². The van der Waals surface area contributed by atoms with E-state index in [4.69, 9.17) is 79.9 Å². The van der Waals surface area contributed by atoms with Gasteiger partial charge in [0.1, 0.15) is 36.6 Å². The summed E-state index contributed by atoms with van der Waals surface area (Å²) in [7, 11) is 1.00. The number of fused-ring (bicyclic) bond motifs is 1. The summed E-state index contributed by atoms with van der Waals surface area (Å²) in [6, 6.07) is 18.5. The first-order chi connectivity index (χ1) is 27.9. The van der Waals surface area contributed by atoms with E-state index < -0.39 is 66.7 Å². The lowest BCUT2D eigenvalue weighted by atomic mass is 9.85. The third-order valence-electron chi connectivity index (χ3n) is 10.0. The Hall–Kier alpha value is -2.34. The zero-order valence-corrected chi connectivity index (χ0v) is 38.1. The summed E-state index contributed by atoms with van der Waals surface area (Å²) in [5.41, 5.74) is 3.20. The standard InChI is InChI=1S/C22H24Cl2O5S.C19H20Cl2O5S.CH4O.CH4/c1-11-12(2)27-21(22(29-14(4)26)20(11)28-13(3)25)15-5-7-18(23)16(9-15)10-17-6-8-19(24)30-17;1-19(2)25-17-15(23)16(24-18(17)26-19)14(22)9-3-5-12(20)10(7-9)8-11-4-6-13(21)27-11;1-2;/h5-9,11-12,20-22H,10H2,1-4H3;3-7,14-18,22-23H,8H2,1-2H3;2H,1H3;1H4/t11-,12-,20+,21?,22-;14?,15-,16+,17+,18+;;/m11../s1. The number of halogens is 4. The molecular formula is C43H52Cl4O11S2. The molecule has 2 aromatic heterocycles. The van der Waals surface area contributed by atoms with Crippen molar-refractivity contribution in [1.82, 2.24) is 0 Å². The van der Waals surface area contributed by atoms with Gasteiger partial charge in [0.2, 0.25) is 0 Å². The van der Waals surface area contributed by atoms with Crippen molar-refractivity contribution in [3.63, 3.8) is 0 Å². The lowest BCUT2D eigenvalue weighted by Crippen LogP contribution is -2.52. The van der Waals surface area contributed by atoms with Crippen LogP contribution in [0.3, 0.4) is 0 Å². The van der Waals surface area contributed by atoms with Gasteiger partial charge in [0.15, 0.2) is 18.2 Å². The number of benzene rings is 2. The molecule has 3 saturated heterocycles. The molecule has 0 radical (unpaired) electrons. The molecule has 7 rings (SSSR count). The fourth-order valence-corrected chi connectivity index (χ4v) is 9.77. The highest BCUT2D eigenvalue weighted by molar-refractivity contribution is 7.16. The number of aliphatic hydroxyl groups excluding tert-OH is 3. The SMILES string of the molecule is C.CC(=O)O[C@H]1[C@H](C)[C@@H](C)OC(c2ccc(Cl)c(Cc3ccc(Cl)s3)c2)[C@@H]1OC(C)=O.CC1(C)O[C@@H]2O[C@@H](C(O)c3ccc(Cl)c(Cc4ccc(Cl)s4)c3)[C@@H](O)[C@@H]2O1.CO. The van der Waals surface area contributed by atoms with E-state index in [0.717, 1.165) is 37.9 Å². The highest BCUT2D eigenvalue weighted by Gasteiger charge is 2.56. The number of carbonyl (C=O) groups excluding carboxylic acids is 2. The maximum atomic E-state index is 11.8. The van der Waals surface area contributed by atoms with Gasteiger partial charge in [0.25, 0.3) is 0 Å². The van der Waals surface area contributed by atoms with E-state index in [1.165, 1.54) is 36.5 Å². The predicted octanol–water partition coefficient (Wildman–Crippen LogP) is 9.77. The molecule has 0 amide bonds. The molecule has 60 heavy (non-hydrogen) atoms. The van der Waals surface area contributed by atoms with Crippen molar-refractivity contribution in [2.75, 3.05) is 7.11 Å². The zero-order chi connectivity index (χ0) is 43.3. The Kier molecular flexibility index (Phi) is 18.3. The first-order valence-electron chi connectivity index (χ1n) is 18.8. The highest BCUT2D eigenvalue weighted by atomic mass is 35.5. The maximum absolute atomic E-state index is 11.8. The molecule has 0 saturated carbocycles. The summed E-state index contributed by atoms with van der Waals surface area (Å²) < 4.78 is 35.9. The van der Waals surface area contributed by atoms with Gasteiger partial charge in [-0.05, 0) is 79.4 Å². The van der Waals surface area contributed by atoms with Crippen molar-refractivity contribution in [1.29, 1.82) is 0 Å². The summed E-state index contributed by atoms with van der Waals surface area (Å²) >= 11 is 27.8. The van der Waals surface area contributed by atoms with Crippen molar-refractivity contribution in [2.45, 2.75) is 123 Å². The van der Waals surface area contributed by atoms with Gasteiger partial charge in [-0.15, -0.1) is 22.7 Å². The zero-order valence-electron chi connectivity index (χ0n) is 33.4. The van der Waals surface area contributed by atoms with Crippen LogP contribution in [0.4, 0.5) is 0 Å². The van der Waals surface area contributed by atoms with Gasteiger partial charge >= 0.3 is 11.9 Å². The van der Waals surface area contributed by atoms with Crippen LogP contribution in [0.1, 0.15) is 93.2 Å². The molecule has 2 unspecified atom stereocenters. The van der Waals surface area contributed by atoms with Crippen molar-refractivity contribution < 1.29 is 53.3 Å². The Bertz CT molecular complexity index is 2060. The van der Waals surface area contributed by atoms with Crippen LogP contribution < -0.4 is 0 Å². The number of thiophene rings is 2. The Morgan fingerprint density at radius 1 is 0.783 bits per heavy atom. The van der Waals surface area contributed by atoms with Crippen molar-refractivity contribution in [2.24, 2.45) is 5.92 Å². The second-order valence-electron chi connectivity index (χ2n) is 14.7. The molecule has 0 aliphatic carbocycles. The van der Waals surface area contributed by atoms with Crippen LogP contribution in [0.25, 0.3) is 0 Å². The van der Waals surface area contributed by atoms with E-state index in [1.54, 1.807) is 32.0 Å². The summed E-state index contributed by atoms with van der Waals surface area (Å²) in [6.45, 7) is 10.0. The minimum absolute atomic E-state index is 0. The van der Waals surface area contributed by atoms with Gasteiger partial charge in [0, 0.05) is 59.5 Å². The Labute approximate surface area is 379 Å². The Morgan fingerprint density at radius 3 is 1.83 bits per heavy atom. The topological polar surface area (TPSA) is 150 Å². The molecule has 0 bridgehead atoms. The van der Waals surface area contributed by atoms with Crippen LogP contribution in [-0.2, 0) is 50.9 Å². The summed E-state index contributed by atoms with van der Waals surface area (Å²) in [5, 5.41) is 29.6. The number of carbonyl (C=O) groups is 2. The third kappa shape index (κ3) is 12.4. The molecular weight excluding hydrogens is 898 g/mol. The van der Waals surface area contributed by atoms with Gasteiger partial charge < -0.3 is 43.7 Å². The smallest absolute Gasteiger partial charge is 0.303 e. The van der Waals surface area contributed by atoms with Gasteiger partial charge in [-0.3, -0.25) is 9.59 Å². The molecule has 10 atom stereocenters. The molecule has 5 heterocycles. The van der Waals surface area contributed by atoms with Crippen LogP contribution in [-0.4, -0.2) is 83.1 Å². The predicted molar refractivity (Wildman–Crippen MR) is 235 cm³/mol. The number of rotatable bonds is 9. The first kappa shape index (κ1) is 50.3. The van der Waals surface area contributed by atoms with Crippen LogP contribution in [0.2, 0.25) is 18.7 Å². The van der Waals surface area contributed by atoms with Gasteiger partial charge in [0.05, 0.1) is 14.8 Å². The van der Waals surface area contributed by atoms with Crippen molar-refractivity contribution >= 4 is 81.0 Å². The third-order valence-corrected chi connectivity index (χ3v) is 13.2. The molecule has 2 aromatic carbocycles. The average molecular weight is 951 g/mol. The molecule has 4 aromatic rings. The molecule has 17 heteroatoms. The fourth-order valence-electron chi connectivity index (χ4n) is 7.18. The normalized spacial score (nSPS) is 26.9. The van der Waals surface area contributed by atoms with E-state index in [9.17, 15) is 19.8 Å². The summed E-state index contributed by atoms with van der Waals surface area (Å²) in [5.74, 6) is -1.85. The number of hydrogen-bond acceptors (Lipinski definition) is 13.